The number of non-ortho nitro benzene ring substituents is 1. The Bertz CT molecular complexity index is 750. The molecule has 0 aliphatic carbocycles. The maximum Gasteiger partial charge on any atom is 0.320 e. The average Bonchev–Trinajstić information content (AvgIpc) is 2.64. The minimum absolute atomic E-state index is 0.0762. The molecule has 0 aliphatic heterocycles. The van der Waals surface area contributed by atoms with Crippen LogP contribution in [0.4, 0.5) is 11.4 Å². The molecule has 0 spiro atoms. The molecule has 152 valence electrons. The number of hydrogen-bond acceptors (Lipinski definition) is 7. The molecule has 2 atom stereocenters. The van der Waals surface area contributed by atoms with Gasteiger partial charge in [-0.3, -0.25) is 29.3 Å². The predicted molar refractivity (Wildman–Crippen MR) is 97.2 cm³/mol. The van der Waals surface area contributed by atoms with Crippen molar-refractivity contribution in [1.29, 1.82) is 0 Å². The first-order chi connectivity index (χ1) is 13.1. The SMILES string of the molecule is C[C@H](NC(=O)CC[C@H](N)C(=O)O)C(=O)NCC(=O)Nc1ccc([N+](=O)[O-])cc1. The molecule has 3 amide bonds. The van der Waals surface area contributed by atoms with Crippen LogP contribution in [-0.2, 0) is 19.2 Å². The highest BCUT2D eigenvalue weighted by Crippen LogP contribution is 2.15. The molecule has 0 heterocycles. The second-order valence-corrected chi connectivity index (χ2v) is 5.84. The van der Waals surface area contributed by atoms with Gasteiger partial charge in [0, 0.05) is 24.2 Å². The Morgan fingerprint density at radius 3 is 2.32 bits per heavy atom. The lowest BCUT2D eigenvalue weighted by molar-refractivity contribution is -0.384. The molecule has 0 aromatic heterocycles. The highest BCUT2D eigenvalue weighted by Gasteiger charge is 2.18. The van der Waals surface area contributed by atoms with E-state index in [0.717, 1.165) is 0 Å². The van der Waals surface area contributed by atoms with Crippen molar-refractivity contribution in [2.75, 3.05) is 11.9 Å². The number of carbonyl (C=O) groups excluding carboxylic acids is 3. The van der Waals surface area contributed by atoms with Crippen LogP contribution in [0.25, 0.3) is 0 Å². The Morgan fingerprint density at radius 1 is 1.18 bits per heavy atom. The normalized spacial score (nSPS) is 12.4. The summed E-state index contributed by atoms with van der Waals surface area (Å²) in [5.74, 6) is -2.95. The van der Waals surface area contributed by atoms with Crippen molar-refractivity contribution in [3.8, 4) is 0 Å². The van der Waals surface area contributed by atoms with Crippen LogP contribution in [0.1, 0.15) is 19.8 Å². The third-order valence-electron chi connectivity index (χ3n) is 3.56. The van der Waals surface area contributed by atoms with Gasteiger partial charge < -0.3 is 26.8 Å². The molecule has 12 nitrogen and oxygen atoms in total. The first-order valence-corrected chi connectivity index (χ1v) is 8.20. The zero-order valence-corrected chi connectivity index (χ0v) is 15.0. The van der Waals surface area contributed by atoms with Crippen molar-refractivity contribution >= 4 is 35.1 Å². The molecule has 6 N–H and O–H groups in total. The van der Waals surface area contributed by atoms with Gasteiger partial charge in [-0.25, -0.2) is 0 Å². The zero-order chi connectivity index (χ0) is 21.3. The Morgan fingerprint density at radius 2 is 1.79 bits per heavy atom. The number of nitrogens with one attached hydrogen (secondary N) is 3. The van der Waals surface area contributed by atoms with E-state index in [2.05, 4.69) is 16.0 Å². The van der Waals surface area contributed by atoms with Crippen LogP contribution in [0.5, 0.6) is 0 Å². The van der Waals surface area contributed by atoms with Crippen LogP contribution in [0, 0.1) is 10.1 Å². The second kappa shape index (κ2) is 10.6. The number of rotatable bonds is 10. The number of carbonyl (C=O) groups is 4. The highest BCUT2D eigenvalue weighted by molar-refractivity contribution is 5.96. The lowest BCUT2D eigenvalue weighted by Gasteiger charge is -2.14. The summed E-state index contributed by atoms with van der Waals surface area (Å²) in [6, 6.07) is 3.04. The number of anilines is 1. The molecule has 12 heteroatoms. The summed E-state index contributed by atoms with van der Waals surface area (Å²) >= 11 is 0. The fourth-order valence-corrected chi connectivity index (χ4v) is 1.98. The summed E-state index contributed by atoms with van der Waals surface area (Å²) in [5.41, 5.74) is 5.48. The molecule has 28 heavy (non-hydrogen) atoms. The number of nitro benzene ring substituents is 1. The number of hydrogen-bond donors (Lipinski definition) is 5. The van der Waals surface area contributed by atoms with Gasteiger partial charge in [0.2, 0.25) is 17.7 Å². The van der Waals surface area contributed by atoms with Crippen molar-refractivity contribution in [2.45, 2.75) is 31.8 Å². The average molecular weight is 395 g/mol. The zero-order valence-electron chi connectivity index (χ0n) is 15.0. The smallest absolute Gasteiger partial charge is 0.320 e. The molecule has 1 rings (SSSR count). The molecule has 0 aliphatic rings. The highest BCUT2D eigenvalue weighted by atomic mass is 16.6. The van der Waals surface area contributed by atoms with E-state index in [0.29, 0.717) is 5.69 Å². The van der Waals surface area contributed by atoms with Gasteiger partial charge in [-0.1, -0.05) is 0 Å². The molecule has 0 radical (unpaired) electrons. The third kappa shape index (κ3) is 7.78. The summed E-state index contributed by atoms with van der Waals surface area (Å²) in [5, 5.41) is 26.4. The number of carboxylic acid groups (broad SMARTS) is 1. The van der Waals surface area contributed by atoms with E-state index in [-0.39, 0.29) is 25.1 Å². The van der Waals surface area contributed by atoms with E-state index in [1.165, 1.54) is 31.2 Å². The molecule has 1 aromatic carbocycles. The van der Waals surface area contributed by atoms with Gasteiger partial charge in [-0.05, 0) is 25.5 Å². The van der Waals surface area contributed by atoms with Crippen LogP contribution in [-0.4, -0.2) is 52.3 Å². The number of aliphatic carboxylic acids is 1. The van der Waals surface area contributed by atoms with Crippen molar-refractivity contribution < 1.29 is 29.2 Å². The standard InChI is InChI=1S/C16H21N5O7/c1-9(19-13(22)7-6-12(17)16(25)26)15(24)18-8-14(23)20-10-2-4-11(5-3-10)21(27)28/h2-5,9,12H,6-8,17H2,1H3,(H,18,24)(H,19,22)(H,20,23)(H,25,26)/t9-,12-/m0/s1. The number of nitrogens with two attached hydrogens (primary N) is 1. The summed E-state index contributed by atoms with van der Waals surface area (Å²) in [6.07, 6.45) is -0.237. The molecule has 0 saturated heterocycles. The maximum atomic E-state index is 11.9. The quantitative estimate of drug-likeness (QED) is 0.254. The van der Waals surface area contributed by atoms with E-state index in [4.69, 9.17) is 10.8 Å². The van der Waals surface area contributed by atoms with Crippen LogP contribution in [0.2, 0.25) is 0 Å². The Hall–Kier alpha value is -3.54. The van der Waals surface area contributed by atoms with Crippen molar-refractivity contribution in [2.24, 2.45) is 5.73 Å². The van der Waals surface area contributed by atoms with Crippen LogP contribution < -0.4 is 21.7 Å². The Balaban J connectivity index is 2.37. The van der Waals surface area contributed by atoms with Gasteiger partial charge in [-0.2, -0.15) is 0 Å². The molecular formula is C16H21N5O7. The lowest BCUT2D eigenvalue weighted by atomic mass is 10.1. The monoisotopic (exact) mass is 395 g/mol. The largest absolute Gasteiger partial charge is 0.480 e. The van der Waals surface area contributed by atoms with Crippen LogP contribution in [0.3, 0.4) is 0 Å². The van der Waals surface area contributed by atoms with Gasteiger partial charge in [0.25, 0.3) is 5.69 Å². The second-order valence-electron chi connectivity index (χ2n) is 5.84. The van der Waals surface area contributed by atoms with Gasteiger partial charge >= 0.3 is 5.97 Å². The fraction of sp³-hybridized carbons (Fsp3) is 0.375. The summed E-state index contributed by atoms with van der Waals surface area (Å²) in [6.45, 7) is 1.03. The summed E-state index contributed by atoms with van der Waals surface area (Å²) < 4.78 is 0. The van der Waals surface area contributed by atoms with E-state index in [1.807, 2.05) is 0 Å². The molecule has 1 aromatic rings. The van der Waals surface area contributed by atoms with Crippen LogP contribution in [0.15, 0.2) is 24.3 Å². The lowest BCUT2D eigenvalue weighted by Crippen LogP contribution is -2.47. The predicted octanol–water partition coefficient (Wildman–Crippen LogP) is -0.654. The number of benzene rings is 1. The van der Waals surface area contributed by atoms with Gasteiger partial charge in [0.1, 0.15) is 12.1 Å². The molecule has 0 unspecified atom stereocenters. The maximum absolute atomic E-state index is 11.9. The van der Waals surface area contributed by atoms with Crippen molar-refractivity contribution in [3.05, 3.63) is 34.4 Å². The number of carboxylic acids is 1. The van der Waals surface area contributed by atoms with E-state index < -0.39 is 40.7 Å². The van der Waals surface area contributed by atoms with Gasteiger partial charge in [0.15, 0.2) is 0 Å². The Kier molecular flexibility index (Phi) is 8.49. The van der Waals surface area contributed by atoms with Crippen molar-refractivity contribution in [1.82, 2.24) is 10.6 Å². The number of nitrogens with zero attached hydrogens (tertiary/aromatic N) is 1. The third-order valence-corrected chi connectivity index (χ3v) is 3.56. The minimum Gasteiger partial charge on any atom is -0.480 e. The van der Waals surface area contributed by atoms with E-state index in [1.54, 1.807) is 0 Å². The minimum atomic E-state index is -1.22. The fourth-order valence-electron chi connectivity index (χ4n) is 1.98. The first-order valence-electron chi connectivity index (χ1n) is 8.20. The topological polar surface area (TPSA) is 194 Å². The summed E-state index contributed by atoms with van der Waals surface area (Å²) in [4.78, 5) is 56.0. The van der Waals surface area contributed by atoms with E-state index in [9.17, 15) is 29.3 Å². The number of nitro groups is 1. The van der Waals surface area contributed by atoms with Gasteiger partial charge in [0.05, 0.1) is 11.5 Å². The van der Waals surface area contributed by atoms with Crippen molar-refractivity contribution in [3.63, 3.8) is 0 Å². The molecule has 0 bridgehead atoms. The first kappa shape index (κ1) is 22.5. The number of amides is 3. The molecule has 0 saturated carbocycles. The summed E-state index contributed by atoms with van der Waals surface area (Å²) in [7, 11) is 0. The van der Waals surface area contributed by atoms with Gasteiger partial charge in [-0.15, -0.1) is 0 Å². The molecule has 0 fully saturated rings. The molecular weight excluding hydrogens is 374 g/mol. The Labute approximate surface area is 159 Å². The van der Waals surface area contributed by atoms with E-state index >= 15 is 0 Å². The van der Waals surface area contributed by atoms with Crippen LogP contribution >= 0.6 is 0 Å².